The molecule has 2 rings (SSSR count). The highest BCUT2D eigenvalue weighted by atomic mass is 35.5. The predicted octanol–water partition coefficient (Wildman–Crippen LogP) is 0.636. The lowest BCUT2D eigenvalue weighted by molar-refractivity contribution is -0.141. The number of ether oxygens (including phenoxy) is 1. The Morgan fingerprint density at radius 1 is 1.35 bits per heavy atom. The lowest BCUT2D eigenvalue weighted by atomic mass is 10.0. The first-order valence-electron chi connectivity index (χ1n) is 5.04. The molecule has 0 radical (unpaired) electrons. The molecular formula is C11H11ClN2O3. The van der Waals surface area contributed by atoms with Gasteiger partial charge in [-0.1, -0.05) is 11.6 Å². The van der Waals surface area contributed by atoms with Crippen LogP contribution in [0.5, 0.6) is 5.75 Å². The van der Waals surface area contributed by atoms with Crippen LogP contribution < -0.4 is 15.4 Å². The molecule has 1 aliphatic heterocycles. The third-order valence-electron chi connectivity index (χ3n) is 2.55. The van der Waals surface area contributed by atoms with Crippen molar-refractivity contribution in [3.63, 3.8) is 0 Å². The summed E-state index contributed by atoms with van der Waals surface area (Å²) in [5.74, 6) is -0.652. The Labute approximate surface area is 103 Å². The molecule has 1 aromatic carbocycles. The van der Waals surface area contributed by atoms with Gasteiger partial charge in [-0.15, -0.1) is 0 Å². The molecule has 0 spiro atoms. The Kier molecular flexibility index (Phi) is 3.19. The molecule has 2 N–H and O–H groups in total. The molecule has 1 aromatic rings. The van der Waals surface area contributed by atoms with Gasteiger partial charge in [0, 0.05) is 17.1 Å². The van der Waals surface area contributed by atoms with Gasteiger partial charge in [-0.3, -0.25) is 9.59 Å². The topological polar surface area (TPSA) is 67.4 Å². The van der Waals surface area contributed by atoms with Crippen molar-refractivity contribution < 1.29 is 14.3 Å². The molecule has 1 saturated heterocycles. The smallest absolute Gasteiger partial charge is 0.309 e. The molecular weight excluding hydrogens is 244 g/mol. The molecule has 1 fully saturated rings. The second kappa shape index (κ2) is 4.63. The van der Waals surface area contributed by atoms with Crippen LogP contribution in [0.1, 0.15) is 11.6 Å². The highest BCUT2D eigenvalue weighted by Crippen LogP contribution is 2.28. The number of hydrogen-bond donors (Lipinski definition) is 2. The van der Waals surface area contributed by atoms with Gasteiger partial charge in [0.1, 0.15) is 5.75 Å². The van der Waals surface area contributed by atoms with Crippen molar-refractivity contribution in [2.45, 2.75) is 6.04 Å². The van der Waals surface area contributed by atoms with Gasteiger partial charge in [-0.2, -0.15) is 0 Å². The maximum absolute atomic E-state index is 11.3. The summed E-state index contributed by atoms with van der Waals surface area (Å²) in [5.41, 5.74) is 0.744. The summed E-state index contributed by atoms with van der Waals surface area (Å²) in [6, 6.07) is 4.81. The molecule has 0 saturated carbocycles. The zero-order valence-corrected chi connectivity index (χ0v) is 9.88. The van der Waals surface area contributed by atoms with Crippen LogP contribution in [0.2, 0.25) is 5.02 Å². The first-order valence-corrected chi connectivity index (χ1v) is 5.41. The third kappa shape index (κ3) is 2.34. The van der Waals surface area contributed by atoms with Crippen molar-refractivity contribution in [2.24, 2.45) is 0 Å². The van der Waals surface area contributed by atoms with Crippen LogP contribution in [-0.4, -0.2) is 25.5 Å². The van der Waals surface area contributed by atoms with Crippen LogP contribution in [0.3, 0.4) is 0 Å². The second-order valence-electron chi connectivity index (χ2n) is 3.62. The average molecular weight is 255 g/mol. The predicted molar refractivity (Wildman–Crippen MR) is 61.9 cm³/mol. The van der Waals surface area contributed by atoms with E-state index in [9.17, 15) is 9.59 Å². The van der Waals surface area contributed by atoms with E-state index in [1.807, 2.05) is 0 Å². The van der Waals surface area contributed by atoms with E-state index in [2.05, 4.69) is 10.6 Å². The number of methoxy groups -OCH3 is 1. The van der Waals surface area contributed by atoms with Crippen LogP contribution in [0, 0.1) is 0 Å². The van der Waals surface area contributed by atoms with Crippen molar-refractivity contribution in [1.82, 2.24) is 10.6 Å². The van der Waals surface area contributed by atoms with Gasteiger partial charge in [0.25, 0.3) is 0 Å². The summed E-state index contributed by atoms with van der Waals surface area (Å²) < 4.78 is 5.19. The Morgan fingerprint density at radius 3 is 2.76 bits per heavy atom. The minimum Gasteiger partial charge on any atom is -0.496 e. The summed E-state index contributed by atoms with van der Waals surface area (Å²) in [6.07, 6.45) is 0. The number of piperazine rings is 1. The Bertz CT molecular complexity index is 476. The number of amides is 2. The van der Waals surface area contributed by atoms with E-state index in [-0.39, 0.29) is 6.04 Å². The molecule has 90 valence electrons. The molecule has 2 amide bonds. The molecule has 6 heteroatoms. The first-order chi connectivity index (χ1) is 8.11. The highest BCUT2D eigenvalue weighted by molar-refractivity contribution is 6.35. The van der Waals surface area contributed by atoms with Gasteiger partial charge in [-0.05, 0) is 18.2 Å². The van der Waals surface area contributed by atoms with Gasteiger partial charge in [0.05, 0.1) is 13.2 Å². The van der Waals surface area contributed by atoms with Crippen LogP contribution in [0.4, 0.5) is 0 Å². The van der Waals surface area contributed by atoms with Crippen molar-refractivity contribution >= 4 is 23.4 Å². The standard InChI is InChI=1S/C11H11ClN2O3/c1-17-9-3-2-6(12)4-7(9)8-5-13-10(15)11(16)14-8/h2-4,8H,5H2,1H3,(H,13,15)(H,14,16). The van der Waals surface area contributed by atoms with Crippen molar-refractivity contribution in [1.29, 1.82) is 0 Å². The molecule has 5 nitrogen and oxygen atoms in total. The highest BCUT2D eigenvalue weighted by Gasteiger charge is 2.27. The Balaban J connectivity index is 2.30. The minimum absolute atomic E-state index is 0.321. The summed E-state index contributed by atoms with van der Waals surface area (Å²) >= 11 is 5.90. The van der Waals surface area contributed by atoms with E-state index in [0.29, 0.717) is 17.3 Å². The first kappa shape index (κ1) is 11.7. The normalized spacial score (nSPS) is 19.5. The van der Waals surface area contributed by atoms with Crippen molar-refractivity contribution in [3.8, 4) is 5.75 Å². The lowest BCUT2D eigenvalue weighted by Gasteiger charge is -2.25. The minimum atomic E-state index is -0.650. The molecule has 0 aromatic heterocycles. The van der Waals surface area contributed by atoms with Crippen molar-refractivity contribution in [2.75, 3.05) is 13.7 Å². The maximum Gasteiger partial charge on any atom is 0.309 e. The van der Waals surface area contributed by atoms with Crippen LogP contribution in [0.25, 0.3) is 0 Å². The van der Waals surface area contributed by atoms with E-state index >= 15 is 0 Å². The average Bonchev–Trinajstić information content (AvgIpc) is 2.32. The second-order valence-corrected chi connectivity index (χ2v) is 4.06. The fourth-order valence-electron chi connectivity index (χ4n) is 1.72. The molecule has 1 aliphatic rings. The van der Waals surface area contributed by atoms with Crippen LogP contribution in [0.15, 0.2) is 18.2 Å². The number of halogens is 1. The zero-order chi connectivity index (χ0) is 12.4. The largest absolute Gasteiger partial charge is 0.496 e. The monoisotopic (exact) mass is 254 g/mol. The molecule has 17 heavy (non-hydrogen) atoms. The van der Waals surface area contributed by atoms with Crippen LogP contribution in [-0.2, 0) is 9.59 Å². The van der Waals surface area contributed by atoms with Gasteiger partial charge in [0.2, 0.25) is 0 Å². The summed E-state index contributed by atoms with van der Waals surface area (Å²) in [5, 5.41) is 5.64. The Morgan fingerprint density at radius 2 is 2.12 bits per heavy atom. The summed E-state index contributed by atoms with van der Waals surface area (Å²) in [7, 11) is 1.54. The summed E-state index contributed by atoms with van der Waals surface area (Å²) in [4.78, 5) is 22.3. The number of carbonyl (C=O) groups is 2. The van der Waals surface area contributed by atoms with E-state index in [1.165, 1.54) is 7.11 Å². The molecule has 0 bridgehead atoms. The number of hydrogen-bond acceptors (Lipinski definition) is 3. The fourth-order valence-corrected chi connectivity index (χ4v) is 1.90. The summed E-state index contributed by atoms with van der Waals surface area (Å²) in [6.45, 7) is 0.321. The van der Waals surface area contributed by atoms with Gasteiger partial charge >= 0.3 is 11.8 Å². The molecule has 1 unspecified atom stereocenters. The zero-order valence-electron chi connectivity index (χ0n) is 9.12. The molecule has 1 heterocycles. The number of nitrogens with one attached hydrogen (secondary N) is 2. The van der Waals surface area contributed by atoms with E-state index < -0.39 is 11.8 Å². The van der Waals surface area contributed by atoms with Crippen molar-refractivity contribution in [3.05, 3.63) is 28.8 Å². The van der Waals surface area contributed by atoms with E-state index in [4.69, 9.17) is 16.3 Å². The lowest BCUT2D eigenvalue weighted by Crippen LogP contribution is -2.51. The molecule has 0 aliphatic carbocycles. The molecule has 1 atom stereocenters. The third-order valence-corrected chi connectivity index (χ3v) is 2.78. The van der Waals surface area contributed by atoms with E-state index in [1.54, 1.807) is 18.2 Å². The fraction of sp³-hybridized carbons (Fsp3) is 0.273. The number of rotatable bonds is 2. The van der Waals surface area contributed by atoms with Gasteiger partial charge in [0.15, 0.2) is 0 Å². The van der Waals surface area contributed by atoms with Gasteiger partial charge < -0.3 is 15.4 Å². The quantitative estimate of drug-likeness (QED) is 0.761. The Hall–Kier alpha value is -1.75. The number of carbonyl (C=O) groups excluding carboxylic acids is 2. The number of benzene rings is 1. The van der Waals surface area contributed by atoms with Gasteiger partial charge in [-0.25, -0.2) is 0 Å². The SMILES string of the molecule is COc1ccc(Cl)cc1C1CNC(=O)C(=O)N1. The maximum atomic E-state index is 11.3. The van der Waals surface area contributed by atoms with Crippen LogP contribution >= 0.6 is 11.6 Å². The van der Waals surface area contributed by atoms with E-state index in [0.717, 1.165) is 5.56 Å².